The van der Waals surface area contributed by atoms with Crippen LogP contribution in [0.4, 0.5) is 0 Å². The van der Waals surface area contributed by atoms with Crippen LogP contribution in [0.25, 0.3) is 0 Å². The molecule has 0 saturated heterocycles. The first kappa shape index (κ1) is 16.5. The maximum Gasteiger partial charge on any atom is 0.122 e. The van der Waals surface area contributed by atoms with E-state index >= 15 is 0 Å². The lowest BCUT2D eigenvalue weighted by Crippen LogP contribution is -2.29. The van der Waals surface area contributed by atoms with Gasteiger partial charge in [-0.05, 0) is 73.7 Å². The van der Waals surface area contributed by atoms with Crippen molar-refractivity contribution in [3.8, 4) is 5.75 Å². The minimum atomic E-state index is 0.00937. The zero-order valence-electron chi connectivity index (χ0n) is 10.6. The fourth-order valence-corrected chi connectivity index (χ4v) is 5.36. The van der Waals surface area contributed by atoms with E-state index in [0.717, 1.165) is 35.3 Å². The standard InChI is InChI=1S/C13H13Br3N2OS/c1-19-11-3-2-8(14)4-7(11)5-10(18-17)9-6-12(15)20-13(9)16/h2-4,6,10,18H,5,17H2,1H3. The molecular weight excluding hydrogens is 472 g/mol. The molecule has 0 aliphatic rings. The van der Waals surface area contributed by atoms with E-state index in [2.05, 4.69) is 65.3 Å². The molecule has 1 aromatic heterocycles. The van der Waals surface area contributed by atoms with Gasteiger partial charge in [0.15, 0.2) is 0 Å². The highest BCUT2D eigenvalue weighted by Crippen LogP contribution is 2.37. The molecule has 1 atom stereocenters. The molecule has 0 saturated carbocycles. The number of thiophene rings is 1. The summed E-state index contributed by atoms with van der Waals surface area (Å²) < 4.78 is 8.57. The minimum absolute atomic E-state index is 0.00937. The van der Waals surface area contributed by atoms with Gasteiger partial charge in [-0.15, -0.1) is 11.3 Å². The van der Waals surface area contributed by atoms with Crippen LogP contribution in [0.5, 0.6) is 5.75 Å². The molecule has 3 N–H and O–H groups in total. The first-order valence-corrected chi connectivity index (χ1v) is 8.98. The molecule has 0 spiro atoms. The Labute approximate surface area is 147 Å². The van der Waals surface area contributed by atoms with Crippen LogP contribution in [0, 0.1) is 0 Å². The van der Waals surface area contributed by atoms with Crippen molar-refractivity contribution in [3.63, 3.8) is 0 Å². The van der Waals surface area contributed by atoms with Crippen molar-refractivity contribution in [3.05, 3.63) is 47.4 Å². The smallest absolute Gasteiger partial charge is 0.122 e. The van der Waals surface area contributed by atoms with E-state index in [0.29, 0.717) is 0 Å². The van der Waals surface area contributed by atoms with Crippen molar-refractivity contribution in [2.75, 3.05) is 7.11 Å². The van der Waals surface area contributed by atoms with Crippen molar-refractivity contribution in [2.45, 2.75) is 12.5 Å². The molecule has 1 aromatic carbocycles. The molecule has 1 unspecified atom stereocenters. The largest absolute Gasteiger partial charge is 0.496 e. The van der Waals surface area contributed by atoms with Gasteiger partial charge in [0.1, 0.15) is 5.75 Å². The second-order valence-electron chi connectivity index (χ2n) is 4.16. The van der Waals surface area contributed by atoms with Gasteiger partial charge in [0.25, 0.3) is 0 Å². The summed E-state index contributed by atoms with van der Waals surface area (Å²) in [5, 5.41) is 0. The summed E-state index contributed by atoms with van der Waals surface area (Å²) in [5.41, 5.74) is 5.10. The Morgan fingerprint density at radius 1 is 1.30 bits per heavy atom. The maximum atomic E-state index is 5.73. The highest BCUT2D eigenvalue weighted by molar-refractivity contribution is 9.12. The number of hydrogen-bond acceptors (Lipinski definition) is 4. The summed E-state index contributed by atoms with van der Waals surface area (Å²) in [4.78, 5) is 0. The summed E-state index contributed by atoms with van der Waals surface area (Å²) in [5.74, 6) is 6.59. The fourth-order valence-electron chi connectivity index (χ4n) is 1.98. The van der Waals surface area contributed by atoms with Crippen molar-refractivity contribution in [1.29, 1.82) is 0 Å². The molecule has 108 valence electrons. The predicted octanol–water partition coefficient (Wildman–Crippen LogP) is 4.79. The summed E-state index contributed by atoms with van der Waals surface area (Å²) in [7, 11) is 1.68. The lowest BCUT2D eigenvalue weighted by atomic mass is 10.0. The molecule has 2 aromatic rings. The number of nitrogens with two attached hydrogens (primary N) is 1. The predicted molar refractivity (Wildman–Crippen MR) is 94.2 cm³/mol. The lowest BCUT2D eigenvalue weighted by molar-refractivity contribution is 0.405. The van der Waals surface area contributed by atoms with Crippen LogP contribution < -0.4 is 16.0 Å². The summed E-state index contributed by atoms with van der Waals surface area (Å²) >= 11 is 12.2. The van der Waals surface area contributed by atoms with Crippen molar-refractivity contribution < 1.29 is 4.74 Å². The van der Waals surface area contributed by atoms with E-state index in [4.69, 9.17) is 10.6 Å². The van der Waals surface area contributed by atoms with Crippen LogP contribution in [-0.2, 0) is 6.42 Å². The van der Waals surface area contributed by atoms with E-state index in [1.54, 1.807) is 18.4 Å². The third-order valence-corrected chi connectivity index (χ3v) is 5.81. The molecule has 1 heterocycles. The molecule has 3 nitrogen and oxygen atoms in total. The zero-order chi connectivity index (χ0) is 14.7. The van der Waals surface area contributed by atoms with E-state index in [1.807, 2.05) is 12.1 Å². The van der Waals surface area contributed by atoms with Crippen LogP contribution in [0.2, 0.25) is 0 Å². The summed E-state index contributed by atoms with van der Waals surface area (Å²) in [6, 6.07) is 8.05. The zero-order valence-corrected chi connectivity index (χ0v) is 16.2. The Morgan fingerprint density at radius 3 is 2.60 bits per heavy atom. The van der Waals surface area contributed by atoms with Crippen molar-refractivity contribution >= 4 is 59.1 Å². The van der Waals surface area contributed by atoms with Crippen molar-refractivity contribution in [2.24, 2.45) is 5.84 Å². The number of ether oxygens (including phenoxy) is 1. The number of nitrogens with one attached hydrogen (secondary N) is 1. The maximum absolute atomic E-state index is 5.73. The fraction of sp³-hybridized carbons (Fsp3) is 0.231. The van der Waals surface area contributed by atoms with Gasteiger partial charge in [-0.2, -0.15) is 0 Å². The highest BCUT2D eigenvalue weighted by Gasteiger charge is 2.18. The second kappa shape index (κ2) is 7.38. The summed E-state index contributed by atoms with van der Waals surface area (Å²) in [6.07, 6.45) is 0.737. The number of methoxy groups -OCH3 is 1. The summed E-state index contributed by atoms with van der Waals surface area (Å²) in [6.45, 7) is 0. The third-order valence-electron chi connectivity index (χ3n) is 2.93. The van der Waals surface area contributed by atoms with E-state index < -0.39 is 0 Å². The van der Waals surface area contributed by atoms with Gasteiger partial charge in [0, 0.05) is 4.47 Å². The van der Waals surface area contributed by atoms with Crippen LogP contribution in [0.1, 0.15) is 17.2 Å². The SMILES string of the molecule is COc1ccc(Br)cc1CC(NN)c1cc(Br)sc1Br. The first-order valence-electron chi connectivity index (χ1n) is 5.78. The normalized spacial score (nSPS) is 12.4. The highest BCUT2D eigenvalue weighted by atomic mass is 79.9. The number of benzene rings is 1. The van der Waals surface area contributed by atoms with Crippen LogP contribution in [-0.4, -0.2) is 7.11 Å². The van der Waals surface area contributed by atoms with Gasteiger partial charge in [0.2, 0.25) is 0 Å². The molecule has 0 aliphatic carbocycles. The van der Waals surface area contributed by atoms with Crippen molar-refractivity contribution in [1.82, 2.24) is 5.43 Å². The Morgan fingerprint density at radius 2 is 2.05 bits per heavy atom. The van der Waals surface area contributed by atoms with Gasteiger partial charge in [0.05, 0.1) is 20.7 Å². The molecule has 0 radical (unpaired) electrons. The molecule has 7 heteroatoms. The van der Waals surface area contributed by atoms with Gasteiger partial charge >= 0.3 is 0 Å². The van der Waals surface area contributed by atoms with Crippen LogP contribution in [0.3, 0.4) is 0 Å². The van der Waals surface area contributed by atoms with Gasteiger partial charge in [-0.1, -0.05) is 15.9 Å². The third kappa shape index (κ3) is 3.84. The van der Waals surface area contributed by atoms with E-state index in [9.17, 15) is 0 Å². The monoisotopic (exact) mass is 482 g/mol. The molecule has 0 bridgehead atoms. The number of halogens is 3. The molecule has 0 amide bonds. The molecule has 0 aliphatic heterocycles. The average molecular weight is 485 g/mol. The Kier molecular flexibility index (Phi) is 6.07. The van der Waals surface area contributed by atoms with Gasteiger partial charge in [-0.25, -0.2) is 0 Å². The number of hydrazine groups is 1. The van der Waals surface area contributed by atoms with Crippen LogP contribution in [0.15, 0.2) is 36.3 Å². The lowest BCUT2D eigenvalue weighted by Gasteiger charge is -2.17. The van der Waals surface area contributed by atoms with Gasteiger partial charge in [-0.3, -0.25) is 11.3 Å². The number of hydrogen-bond donors (Lipinski definition) is 2. The second-order valence-corrected chi connectivity index (χ2v) is 8.82. The van der Waals surface area contributed by atoms with Crippen LogP contribution >= 0.6 is 59.1 Å². The number of rotatable bonds is 5. The molecular formula is C13H13Br3N2OS. The van der Waals surface area contributed by atoms with E-state index in [-0.39, 0.29) is 6.04 Å². The average Bonchev–Trinajstić information content (AvgIpc) is 2.75. The molecule has 2 rings (SSSR count). The molecule has 20 heavy (non-hydrogen) atoms. The van der Waals surface area contributed by atoms with Gasteiger partial charge < -0.3 is 4.74 Å². The topological polar surface area (TPSA) is 47.3 Å². The Hall–Kier alpha value is 0.0800. The van der Waals surface area contributed by atoms with E-state index in [1.165, 1.54) is 0 Å². The first-order chi connectivity index (χ1) is 9.55. The Balaban J connectivity index is 2.31. The minimum Gasteiger partial charge on any atom is -0.496 e. The Bertz CT molecular complexity index is 603. The quantitative estimate of drug-likeness (QED) is 0.474. The molecule has 0 fully saturated rings.